The molecule has 1 fully saturated rings. The van der Waals surface area contributed by atoms with Gasteiger partial charge in [-0.2, -0.15) is 0 Å². The van der Waals surface area contributed by atoms with Crippen molar-refractivity contribution in [1.82, 2.24) is 4.90 Å². The highest BCUT2D eigenvalue weighted by atomic mass is 16.5. The molecule has 2 aromatic rings. The van der Waals surface area contributed by atoms with Crippen molar-refractivity contribution in [2.24, 2.45) is 0 Å². The summed E-state index contributed by atoms with van der Waals surface area (Å²) in [5.74, 6) is 3.24. The van der Waals surface area contributed by atoms with Gasteiger partial charge in [-0.15, -0.1) is 0 Å². The number of methoxy groups -OCH3 is 3. The minimum Gasteiger partial charge on any atom is -0.497 e. The van der Waals surface area contributed by atoms with Gasteiger partial charge in [0.15, 0.2) is 0 Å². The molecule has 0 aromatic heterocycles. The second kappa shape index (κ2) is 9.48. The van der Waals surface area contributed by atoms with Crippen LogP contribution in [0.5, 0.6) is 23.0 Å². The lowest BCUT2D eigenvalue weighted by molar-refractivity contribution is -0.0504. The normalized spacial score (nSPS) is 17.4. The quantitative estimate of drug-likeness (QED) is 0.709. The van der Waals surface area contributed by atoms with E-state index in [0.717, 1.165) is 48.2 Å². The molecule has 6 nitrogen and oxygen atoms in total. The average Bonchev–Trinajstić information content (AvgIpc) is 2.72. The molecule has 0 radical (unpaired) electrons. The van der Waals surface area contributed by atoms with Crippen molar-refractivity contribution >= 4 is 0 Å². The zero-order valence-electron chi connectivity index (χ0n) is 16.1. The highest BCUT2D eigenvalue weighted by Crippen LogP contribution is 2.24. The Morgan fingerprint density at radius 1 is 0.889 bits per heavy atom. The Balaban J connectivity index is 1.54. The molecule has 0 spiro atoms. The van der Waals surface area contributed by atoms with Crippen molar-refractivity contribution < 1.29 is 23.7 Å². The van der Waals surface area contributed by atoms with Crippen LogP contribution in [0.4, 0.5) is 0 Å². The summed E-state index contributed by atoms with van der Waals surface area (Å²) in [4.78, 5) is 2.36. The molecule has 6 heteroatoms. The van der Waals surface area contributed by atoms with Gasteiger partial charge in [-0.1, -0.05) is 0 Å². The van der Waals surface area contributed by atoms with E-state index in [1.807, 2.05) is 42.5 Å². The van der Waals surface area contributed by atoms with Gasteiger partial charge in [0, 0.05) is 25.7 Å². The largest absolute Gasteiger partial charge is 0.497 e. The predicted molar refractivity (Wildman–Crippen MR) is 103 cm³/mol. The van der Waals surface area contributed by atoms with Gasteiger partial charge >= 0.3 is 0 Å². The maximum atomic E-state index is 5.87. The maximum Gasteiger partial charge on any atom is 0.122 e. The maximum absolute atomic E-state index is 5.87. The van der Waals surface area contributed by atoms with Crippen LogP contribution >= 0.6 is 0 Å². The minimum absolute atomic E-state index is 0.0355. The summed E-state index contributed by atoms with van der Waals surface area (Å²) >= 11 is 0. The van der Waals surface area contributed by atoms with Crippen molar-refractivity contribution in [1.29, 1.82) is 0 Å². The van der Waals surface area contributed by atoms with Crippen LogP contribution in [0.1, 0.15) is 5.56 Å². The first-order valence-corrected chi connectivity index (χ1v) is 9.03. The Hall–Kier alpha value is -2.44. The van der Waals surface area contributed by atoms with E-state index in [1.165, 1.54) is 0 Å². The second-order valence-electron chi connectivity index (χ2n) is 6.44. The summed E-state index contributed by atoms with van der Waals surface area (Å²) < 4.78 is 27.6. The number of benzene rings is 2. The first-order valence-electron chi connectivity index (χ1n) is 9.03. The molecular formula is C21H27NO5. The fraction of sp³-hybridized carbons (Fsp3) is 0.429. The van der Waals surface area contributed by atoms with Crippen LogP contribution in [0.15, 0.2) is 42.5 Å². The lowest BCUT2D eigenvalue weighted by atomic mass is 10.1. The molecule has 1 unspecified atom stereocenters. The minimum atomic E-state index is 0.0355. The molecule has 3 rings (SSSR count). The zero-order chi connectivity index (χ0) is 19.1. The Morgan fingerprint density at radius 2 is 1.52 bits per heavy atom. The summed E-state index contributed by atoms with van der Waals surface area (Å²) in [6.45, 7) is 3.73. The van der Waals surface area contributed by atoms with Crippen molar-refractivity contribution in [3.63, 3.8) is 0 Å². The predicted octanol–water partition coefficient (Wildman–Crippen LogP) is 2.99. The van der Waals surface area contributed by atoms with E-state index in [4.69, 9.17) is 23.7 Å². The van der Waals surface area contributed by atoms with Gasteiger partial charge in [0.25, 0.3) is 0 Å². The van der Waals surface area contributed by atoms with Gasteiger partial charge in [-0.25, -0.2) is 0 Å². The third-order valence-electron chi connectivity index (χ3n) is 4.54. The molecule has 27 heavy (non-hydrogen) atoms. The van der Waals surface area contributed by atoms with E-state index in [2.05, 4.69) is 4.90 Å². The van der Waals surface area contributed by atoms with E-state index in [-0.39, 0.29) is 6.10 Å². The molecule has 2 aromatic carbocycles. The number of hydrogen-bond acceptors (Lipinski definition) is 6. The topological polar surface area (TPSA) is 49.4 Å². The molecule has 1 atom stereocenters. The Morgan fingerprint density at radius 3 is 2.15 bits per heavy atom. The summed E-state index contributed by atoms with van der Waals surface area (Å²) in [5, 5.41) is 0. The molecule has 0 amide bonds. The Bertz CT molecular complexity index is 697. The van der Waals surface area contributed by atoms with Crippen molar-refractivity contribution in [2.75, 3.05) is 47.6 Å². The lowest BCUT2D eigenvalue weighted by Gasteiger charge is -2.33. The van der Waals surface area contributed by atoms with Gasteiger partial charge in [-0.05, 0) is 42.0 Å². The van der Waals surface area contributed by atoms with E-state index >= 15 is 0 Å². The van der Waals surface area contributed by atoms with Crippen molar-refractivity contribution in [3.8, 4) is 23.0 Å². The van der Waals surface area contributed by atoms with E-state index in [0.29, 0.717) is 13.2 Å². The molecule has 0 aliphatic carbocycles. The zero-order valence-corrected chi connectivity index (χ0v) is 16.1. The van der Waals surface area contributed by atoms with E-state index in [1.54, 1.807) is 21.3 Å². The summed E-state index contributed by atoms with van der Waals surface area (Å²) in [6, 6.07) is 13.6. The summed E-state index contributed by atoms with van der Waals surface area (Å²) in [7, 11) is 4.98. The molecule has 0 saturated carbocycles. The molecule has 1 aliphatic heterocycles. The fourth-order valence-electron chi connectivity index (χ4n) is 3.10. The van der Waals surface area contributed by atoms with Gasteiger partial charge in [0.05, 0.1) is 27.9 Å². The van der Waals surface area contributed by atoms with Crippen LogP contribution in [0, 0.1) is 0 Å². The van der Waals surface area contributed by atoms with Crippen LogP contribution < -0.4 is 18.9 Å². The Kier molecular flexibility index (Phi) is 6.79. The molecule has 1 heterocycles. The highest BCUT2D eigenvalue weighted by Gasteiger charge is 2.21. The third kappa shape index (κ3) is 5.52. The van der Waals surface area contributed by atoms with Crippen LogP contribution in [0.2, 0.25) is 0 Å². The van der Waals surface area contributed by atoms with Crippen LogP contribution in [-0.2, 0) is 11.3 Å². The molecule has 146 valence electrons. The molecule has 0 bridgehead atoms. The van der Waals surface area contributed by atoms with Crippen LogP contribution in [0.3, 0.4) is 0 Å². The van der Waals surface area contributed by atoms with Crippen LogP contribution in [0.25, 0.3) is 0 Å². The number of nitrogens with zero attached hydrogens (tertiary/aromatic N) is 1. The van der Waals surface area contributed by atoms with Crippen molar-refractivity contribution in [3.05, 3.63) is 48.0 Å². The molecule has 1 aliphatic rings. The summed E-state index contributed by atoms with van der Waals surface area (Å²) in [5.41, 5.74) is 1.16. The standard InChI is InChI=1S/C21H27NO5/c1-23-17-4-6-18(7-5-17)27-15-21-14-22(8-9-26-21)13-16-10-19(24-2)12-20(11-16)25-3/h4-7,10-12,21H,8-9,13-15H2,1-3H3. The van der Waals surface area contributed by atoms with E-state index in [9.17, 15) is 0 Å². The number of ether oxygens (including phenoxy) is 5. The number of hydrogen-bond donors (Lipinski definition) is 0. The first-order chi connectivity index (χ1) is 13.2. The molecular weight excluding hydrogens is 346 g/mol. The smallest absolute Gasteiger partial charge is 0.122 e. The fourth-order valence-corrected chi connectivity index (χ4v) is 3.10. The first kappa shape index (κ1) is 19.3. The lowest BCUT2D eigenvalue weighted by Crippen LogP contribution is -2.44. The number of rotatable bonds is 8. The van der Waals surface area contributed by atoms with E-state index < -0.39 is 0 Å². The second-order valence-corrected chi connectivity index (χ2v) is 6.44. The van der Waals surface area contributed by atoms with Gasteiger partial charge in [0.1, 0.15) is 35.7 Å². The SMILES string of the molecule is COc1ccc(OCC2CN(Cc3cc(OC)cc(OC)c3)CCO2)cc1. The van der Waals surface area contributed by atoms with Gasteiger partial charge < -0.3 is 23.7 Å². The molecule has 1 saturated heterocycles. The average molecular weight is 373 g/mol. The summed E-state index contributed by atoms with van der Waals surface area (Å²) in [6.07, 6.45) is 0.0355. The van der Waals surface area contributed by atoms with Gasteiger partial charge in [-0.3, -0.25) is 4.90 Å². The van der Waals surface area contributed by atoms with Gasteiger partial charge in [0.2, 0.25) is 0 Å². The monoisotopic (exact) mass is 373 g/mol. The van der Waals surface area contributed by atoms with Crippen molar-refractivity contribution in [2.45, 2.75) is 12.6 Å². The highest BCUT2D eigenvalue weighted by molar-refractivity contribution is 5.38. The third-order valence-corrected chi connectivity index (χ3v) is 4.54. The number of morpholine rings is 1. The molecule has 0 N–H and O–H groups in total. The van der Waals surface area contributed by atoms with Crippen LogP contribution in [-0.4, -0.2) is 58.6 Å². The Labute approximate surface area is 160 Å².